The van der Waals surface area contributed by atoms with Crippen molar-refractivity contribution < 1.29 is 18.5 Å². The van der Waals surface area contributed by atoms with E-state index >= 15 is 0 Å². The second-order valence-corrected chi connectivity index (χ2v) is 9.21. The fourth-order valence-corrected chi connectivity index (χ4v) is 3.90. The van der Waals surface area contributed by atoms with Crippen LogP contribution in [0.15, 0.2) is 0 Å². The highest BCUT2D eigenvalue weighted by atomic mass is 31.2. The molecule has 0 bridgehead atoms. The molecule has 0 rings (SSSR count). The van der Waals surface area contributed by atoms with Crippen molar-refractivity contribution in [1.82, 2.24) is 0 Å². The minimum Gasteiger partial charge on any atom is -0.328 e. The van der Waals surface area contributed by atoms with Crippen molar-refractivity contribution in [2.24, 2.45) is 11.5 Å². The molecule has 0 fully saturated rings. The first-order valence-corrected chi connectivity index (χ1v) is 10.00. The van der Waals surface area contributed by atoms with Crippen LogP contribution in [0.4, 0.5) is 0 Å². The molecule has 0 amide bonds. The molecule has 0 unspecified atom stereocenters. The predicted octanol–water partition coefficient (Wildman–Crippen LogP) is 3.71. The van der Waals surface area contributed by atoms with E-state index in [2.05, 4.69) is 0 Å². The number of hydrogen-bond donors (Lipinski definition) is 3. The van der Waals surface area contributed by atoms with Gasteiger partial charge in [0.25, 0.3) is 0 Å². The van der Waals surface area contributed by atoms with Crippen LogP contribution in [0.25, 0.3) is 0 Å². The molecule has 0 aliphatic carbocycles. The molecular weight excluding hydrogens is 315 g/mol. The molecule has 23 heavy (non-hydrogen) atoms. The Morgan fingerprint density at radius 2 is 1.22 bits per heavy atom. The summed E-state index contributed by atoms with van der Waals surface area (Å²) in [6.07, 6.45) is 4.67. The van der Waals surface area contributed by atoms with Crippen molar-refractivity contribution in [3.8, 4) is 0 Å². The van der Waals surface area contributed by atoms with Gasteiger partial charge in [0.2, 0.25) is 0 Å². The van der Waals surface area contributed by atoms with Gasteiger partial charge in [-0.25, -0.2) is 4.57 Å². The standard InChI is InChI=1S/C16H37N2O4P/c1-13(17)9-7-11-15(3,4)21-23(19,20)22-16(5,6)12-8-10-14(2)18/h13-14H,7-12,17-18H2,1-6H3,(H,19,20)/t13-,14-/m1/s1. The van der Waals surface area contributed by atoms with Gasteiger partial charge in [-0.15, -0.1) is 0 Å². The van der Waals surface area contributed by atoms with E-state index in [1.54, 1.807) is 27.7 Å². The Kier molecular flexibility index (Phi) is 9.51. The Balaban J connectivity index is 4.46. The van der Waals surface area contributed by atoms with Crippen LogP contribution in [-0.2, 0) is 13.6 Å². The van der Waals surface area contributed by atoms with Crippen molar-refractivity contribution >= 4 is 7.82 Å². The zero-order valence-electron chi connectivity index (χ0n) is 15.7. The van der Waals surface area contributed by atoms with Gasteiger partial charge < -0.3 is 16.4 Å². The van der Waals surface area contributed by atoms with Crippen LogP contribution >= 0.6 is 7.82 Å². The molecule has 0 heterocycles. The first-order valence-electron chi connectivity index (χ1n) is 8.50. The smallest absolute Gasteiger partial charge is 0.328 e. The van der Waals surface area contributed by atoms with Gasteiger partial charge in [0.05, 0.1) is 11.2 Å². The molecule has 5 N–H and O–H groups in total. The largest absolute Gasteiger partial charge is 0.473 e. The normalized spacial score (nSPS) is 16.4. The molecule has 0 aromatic carbocycles. The van der Waals surface area contributed by atoms with Gasteiger partial charge in [0, 0.05) is 12.1 Å². The summed E-state index contributed by atoms with van der Waals surface area (Å²) in [6, 6.07) is 0.235. The summed E-state index contributed by atoms with van der Waals surface area (Å²) in [7, 11) is -4.13. The van der Waals surface area contributed by atoms with Gasteiger partial charge in [-0.2, -0.15) is 0 Å². The molecule has 0 aliphatic heterocycles. The van der Waals surface area contributed by atoms with E-state index in [9.17, 15) is 9.46 Å². The van der Waals surface area contributed by atoms with Crippen molar-refractivity contribution in [2.75, 3.05) is 0 Å². The molecule has 0 aromatic rings. The maximum atomic E-state index is 12.3. The molecule has 2 atom stereocenters. The molecule has 0 radical (unpaired) electrons. The van der Waals surface area contributed by atoms with Crippen LogP contribution in [0, 0.1) is 0 Å². The van der Waals surface area contributed by atoms with Gasteiger partial charge >= 0.3 is 7.82 Å². The second kappa shape index (κ2) is 9.50. The van der Waals surface area contributed by atoms with E-state index in [1.807, 2.05) is 13.8 Å². The molecule has 0 spiro atoms. The molecule has 7 heteroatoms. The number of rotatable bonds is 12. The third kappa shape index (κ3) is 13.0. The van der Waals surface area contributed by atoms with Gasteiger partial charge in [0.1, 0.15) is 0 Å². The molecular formula is C16H37N2O4P. The van der Waals surface area contributed by atoms with E-state index in [0.29, 0.717) is 12.8 Å². The molecule has 140 valence electrons. The van der Waals surface area contributed by atoms with E-state index in [-0.39, 0.29) is 12.1 Å². The number of hydrogen-bond acceptors (Lipinski definition) is 5. The van der Waals surface area contributed by atoms with Crippen LogP contribution in [-0.4, -0.2) is 28.2 Å². The van der Waals surface area contributed by atoms with E-state index in [4.69, 9.17) is 20.5 Å². The number of phosphoric ester groups is 1. The molecule has 0 saturated carbocycles. The van der Waals surface area contributed by atoms with Crippen molar-refractivity contribution in [3.63, 3.8) is 0 Å². The fraction of sp³-hybridized carbons (Fsp3) is 1.00. The Morgan fingerprint density at radius 1 is 0.913 bits per heavy atom. The van der Waals surface area contributed by atoms with Crippen LogP contribution in [0.1, 0.15) is 80.1 Å². The third-order valence-corrected chi connectivity index (χ3v) is 5.05. The highest BCUT2D eigenvalue weighted by molar-refractivity contribution is 7.47. The van der Waals surface area contributed by atoms with Gasteiger partial charge in [-0.05, 0) is 80.1 Å². The zero-order chi connectivity index (χ0) is 18.3. The first-order chi connectivity index (χ1) is 10.2. The quantitative estimate of drug-likeness (QED) is 0.462. The van der Waals surface area contributed by atoms with Crippen molar-refractivity contribution in [3.05, 3.63) is 0 Å². The highest BCUT2D eigenvalue weighted by Gasteiger charge is 2.37. The summed E-state index contributed by atoms with van der Waals surface area (Å²) in [5.74, 6) is 0. The van der Waals surface area contributed by atoms with Crippen LogP contribution in [0.5, 0.6) is 0 Å². The molecule has 0 aliphatic rings. The summed E-state index contributed by atoms with van der Waals surface area (Å²) in [5, 5.41) is 0. The summed E-state index contributed by atoms with van der Waals surface area (Å²) in [4.78, 5) is 10.1. The van der Waals surface area contributed by atoms with E-state index < -0.39 is 19.0 Å². The van der Waals surface area contributed by atoms with Crippen molar-refractivity contribution in [1.29, 1.82) is 0 Å². The lowest BCUT2D eigenvalue weighted by Gasteiger charge is -2.32. The Bertz CT molecular complexity index is 352. The maximum Gasteiger partial charge on any atom is 0.473 e. The monoisotopic (exact) mass is 352 g/mol. The van der Waals surface area contributed by atoms with Crippen LogP contribution < -0.4 is 11.5 Å². The minimum atomic E-state index is -4.13. The maximum absolute atomic E-state index is 12.3. The van der Waals surface area contributed by atoms with Crippen LogP contribution in [0.3, 0.4) is 0 Å². The van der Waals surface area contributed by atoms with Gasteiger partial charge in [-0.3, -0.25) is 9.05 Å². The predicted molar refractivity (Wildman–Crippen MR) is 95.2 cm³/mol. The third-order valence-electron chi connectivity index (χ3n) is 3.60. The minimum absolute atomic E-state index is 0.117. The van der Waals surface area contributed by atoms with Gasteiger partial charge in [-0.1, -0.05) is 0 Å². The summed E-state index contributed by atoms with van der Waals surface area (Å²) in [6.45, 7) is 11.1. The number of nitrogens with two attached hydrogens (primary N) is 2. The lowest BCUT2D eigenvalue weighted by atomic mass is 10.00. The molecule has 0 saturated heterocycles. The Labute approximate surface area is 141 Å². The lowest BCUT2D eigenvalue weighted by Crippen LogP contribution is -2.29. The topological polar surface area (TPSA) is 108 Å². The van der Waals surface area contributed by atoms with E-state index in [1.165, 1.54) is 0 Å². The summed E-state index contributed by atoms with van der Waals surface area (Å²) >= 11 is 0. The van der Waals surface area contributed by atoms with E-state index in [0.717, 1.165) is 25.7 Å². The van der Waals surface area contributed by atoms with Gasteiger partial charge in [0.15, 0.2) is 0 Å². The fourth-order valence-electron chi connectivity index (χ4n) is 2.43. The zero-order valence-corrected chi connectivity index (χ0v) is 16.6. The lowest BCUT2D eigenvalue weighted by molar-refractivity contribution is -0.00448. The average molecular weight is 352 g/mol. The molecule has 6 nitrogen and oxygen atoms in total. The Hall–Kier alpha value is 0.0300. The first kappa shape index (κ1) is 23.0. The van der Waals surface area contributed by atoms with Crippen molar-refractivity contribution in [2.45, 2.75) is 103 Å². The Morgan fingerprint density at radius 3 is 1.48 bits per heavy atom. The average Bonchev–Trinajstić information content (AvgIpc) is 2.22. The second-order valence-electron chi connectivity index (χ2n) is 7.91. The molecule has 0 aromatic heterocycles. The van der Waals surface area contributed by atoms with Crippen LogP contribution in [0.2, 0.25) is 0 Å². The number of phosphoric acid groups is 1. The summed E-state index contributed by atoms with van der Waals surface area (Å²) < 4.78 is 23.1. The highest BCUT2D eigenvalue weighted by Crippen LogP contribution is 2.52. The SMILES string of the molecule is C[C@@H](N)CCCC(C)(C)OP(=O)(O)OC(C)(C)CCC[C@@H](C)N. The summed E-state index contributed by atoms with van der Waals surface area (Å²) in [5.41, 5.74) is 9.97.